The predicted octanol–water partition coefficient (Wildman–Crippen LogP) is 2.65. The molecule has 1 atom stereocenters. The molecular weight excluding hydrogens is 309 g/mol. The highest BCUT2D eigenvalue weighted by atomic mass is 19.4. The van der Waals surface area contributed by atoms with Gasteiger partial charge in [-0.2, -0.15) is 18.3 Å². The first-order valence-electron chi connectivity index (χ1n) is 6.07. The van der Waals surface area contributed by atoms with Crippen molar-refractivity contribution >= 4 is 5.91 Å². The van der Waals surface area contributed by atoms with Gasteiger partial charge in [0.2, 0.25) is 5.91 Å². The molecule has 0 fully saturated rings. The van der Waals surface area contributed by atoms with Crippen LogP contribution in [0.1, 0.15) is 17.3 Å². The average molecular weight is 319 g/mol. The second kappa shape index (κ2) is 6.12. The van der Waals surface area contributed by atoms with Gasteiger partial charge < -0.3 is 5.32 Å². The van der Waals surface area contributed by atoms with E-state index in [1.165, 1.54) is 12.3 Å². The fraction of sp³-hybridized carbons (Fsp3) is 0.231. The van der Waals surface area contributed by atoms with Crippen LogP contribution >= 0.6 is 0 Å². The summed E-state index contributed by atoms with van der Waals surface area (Å²) in [6, 6.07) is 1.17. The van der Waals surface area contributed by atoms with Gasteiger partial charge in [-0.05, 0) is 12.1 Å². The van der Waals surface area contributed by atoms with Gasteiger partial charge in [-0.1, -0.05) is 12.1 Å². The molecule has 0 spiro atoms. The van der Waals surface area contributed by atoms with Crippen molar-refractivity contribution in [2.45, 2.75) is 18.6 Å². The van der Waals surface area contributed by atoms with Crippen LogP contribution in [0.3, 0.4) is 0 Å². The van der Waals surface area contributed by atoms with Crippen molar-refractivity contribution in [3.8, 4) is 0 Å². The number of amides is 1. The minimum absolute atomic E-state index is 0.290. The molecule has 2 aromatic rings. The number of carbonyl (C=O) groups is 1. The normalized spacial score (nSPS) is 13.0. The van der Waals surface area contributed by atoms with E-state index in [-0.39, 0.29) is 5.69 Å². The summed E-state index contributed by atoms with van der Waals surface area (Å²) >= 11 is 0. The number of benzene rings is 1. The van der Waals surface area contributed by atoms with Crippen LogP contribution in [0.2, 0.25) is 0 Å². The maximum atomic E-state index is 13.6. The highest BCUT2D eigenvalue weighted by Gasteiger charge is 2.43. The largest absolute Gasteiger partial charge is 0.412 e. The lowest BCUT2D eigenvalue weighted by Gasteiger charge is -2.22. The molecule has 1 amide bonds. The van der Waals surface area contributed by atoms with Crippen molar-refractivity contribution in [2.24, 2.45) is 0 Å². The Bertz CT molecular complexity index is 654. The number of rotatable bonds is 4. The Kier molecular flexibility index (Phi) is 4.43. The number of aromatic nitrogens is 2. The third kappa shape index (κ3) is 3.60. The SMILES string of the molecule is O=C(Cc1ccn[nH]1)N[C@H](c1cccc(F)c1F)C(F)(F)F. The first-order chi connectivity index (χ1) is 10.3. The van der Waals surface area contributed by atoms with E-state index in [1.807, 2.05) is 0 Å². The number of hydrogen-bond donors (Lipinski definition) is 2. The molecule has 2 N–H and O–H groups in total. The smallest absolute Gasteiger partial charge is 0.340 e. The van der Waals surface area contributed by atoms with E-state index in [4.69, 9.17) is 0 Å². The van der Waals surface area contributed by atoms with Gasteiger partial charge in [0, 0.05) is 17.5 Å². The molecule has 1 heterocycles. The molecule has 1 aromatic carbocycles. The second-order valence-corrected chi connectivity index (χ2v) is 4.44. The Morgan fingerprint density at radius 3 is 2.59 bits per heavy atom. The third-order valence-electron chi connectivity index (χ3n) is 2.83. The first-order valence-corrected chi connectivity index (χ1v) is 6.07. The second-order valence-electron chi connectivity index (χ2n) is 4.44. The zero-order valence-electron chi connectivity index (χ0n) is 10.9. The predicted molar refractivity (Wildman–Crippen MR) is 65.6 cm³/mol. The molecule has 1 aromatic heterocycles. The molecular formula is C13H10F5N3O. The van der Waals surface area contributed by atoms with Gasteiger partial charge in [0.25, 0.3) is 0 Å². The van der Waals surface area contributed by atoms with E-state index in [9.17, 15) is 26.7 Å². The van der Waals surface area contributed by atoms with Gasteiger partial charge in [0.1, 0.15) is 0 Å². The maximum absolute atomic E-state index is 13.6. The Morgan fingerprint density at radius 2 is 2.00 bits per heavy atom. The summed E-state index contributed by atoms with van der Waals surface area (Å²) in [5, 5.41) is 7.63. The summed E-state index contributed by atoms with van der Waals surface area (Å²) in [6.07, 6.45) is -4.04. The summed E-state index contributed by atoms with van der Waals surface area (Å²) in [5.41, 5.74) is -0.691. The van der Waals surface area contributed by atoms with Gasteiger partial charge in [0.05, 0.1) is 6.42 Å². The molecule has 0 aliphatic rings. The maximum Gasteiger partial charge on any atom is 0.412 e. The highest BCUT2D eigenvalue weighted by molar-refractivity contribution is 5.78. The van der Waals surface area contributed by atoms with Crippen molar-refractivity contribution < 1.29 is 26.7 Å². The van der Waals surface area contributed by atoms with E-state index < -0.39 is 41.7 Å². The molecule has 0 aliphatic carbocycles. The van der Waals surface area contributed by atoms with Gasteiger partial charge in [-0.3, -0.25) is 9.89 Å². The highest BCUT2D eigenvalue weighted by Crippen LogP contribution is 2.34. The summed E-state index contributed by atoms with van der Waals surface area (Å²) in [4.78, 5) is 11.7. The van der Waals surface area contributed by atoms with Gasteiger partial charge >= 0.3 is 6.18 Å². The van der Waals surface area contributed by atoms with E-state index in [2.05, 4.69) is 10.2 Å². The quantitative estimate of drug-likeness (QED) is 0.851. The molecule has 0 radical (unpaired) electrons. The van der Waals surface area contributed by atoms with Crippen LogP contribution in [-0.4, -0.2) is 22.3 Å². The molecule has 0 unspecified atom stereocenters. The van der Waals surface area contributed by atoms with Crippen LogP contribution in [0.5, 0.6) is 0 Å². The number of halogens is 5. The van der Waals surface area contributed by atoms with Crippen molar-refractivity contribution in [3.63, 3.8) is 0 Å². The molecule has 0 saturated carbocycles. The van der Waals surface area contributed by atoms with Crippen LogP contribution in [0.4, 0.5) is 22.0 Å². The molecule has 2 rings (SSSR count). The lowest BCUT2D eigenvalue weighted by molar-refractivity contribution is -0.163. The Labute approximate surface area is 121 Å². The number of nitrogens with zero attached hydrogens (tertiary/aromatic N) is 1. The molecule has 9 heteroatoms. The standard InChI is InChI=1S/C13H10F5N3O/c14-9-3-1-2-8(11(9)15)12(13(16,17)18)20-10(22)6-7-4-5-19-21-7/h1-5,12H,6H2,(H,19,21)(H,20,22)/t12-/m1/s1. The topological polar surface area (TPSA) is 57.8 Å². The summed E-state index contributed by atoms with van der Waals surface area (Å²) in [6.45, 7) is 0. The number of hydrogen-bond acceptors (Lipinski definition) is 2. The van der Waals surface area contributed by atoms with Crippen LogP contribution in [0.25, 0.3) is 0 Å². The number of aromatic amines is 1. The van der Waals surface area contributed by atoms with Crippen molar-refractivity contribution in [3.05, 3.63) is 53.4 Å². The van der Waals surface area contributed by atoms with Crippen LogP contribution in [-0.2, 0) is 11.2 Å². The molecule has 22 heavy (non-hydrogen) atoms. The van der Waals surface area contributed by atoms with Crippen molar-refractivity contribution in [2.75, 3.05) is 0 Å². The summed E-state index contributed by atoms with van der Waals surface area (Å²) < 4.78 is 65.8. The number of nitrogens with one attached hydrogen (secondary N) is 2. The van der Waals surface area contributed by atoms with Crippen molar-refractivity contribution in [1.82, 2.24) is 15.5 Å². The zero-order chi connectivity index (χ0) is 16.3. The minimum atomic E-state index is -4.97. The number of H-pyrrole nitrogens is 1. The fourth-order valence-corrected chi connectivity index (χ4v) is 1.85. The number of alkyl halides is 3. The first kappa shape index (κ1) is 15.9. The van der Waals surface area contributed by atoms with E-state index in [0.29, 0.717) is 6.07 Å². The van der Waals surface area contributed by atoms with Crippen LogP contribution < -0.4 is 5.32 Å². The van der Waals surface area contributed by atoms with Crippen molar-refractivity contribution in [1.29, 1.82) is 0 Å². The lowest BCUT2D eigenvalue weighted by Crippen LogP contribution is -2.39. The lowest BCUT2D eigenvalue weighted by atomic mass is 10.0. The molecule has 0 aliphatic heterocycles. The minimum Gasteiger partial charge on any atom is -0.340 e. The molecule has 4 nitrogen and oxygen atoms in total. The van der Waals surface area contributed by atoms with Crippen LogP contribution in [0, 0.1) is 11.6 Å². The van der Waals surface area contributed by atoms with Crippen LogP contribution in [0.15, 0.2) is 30.5 Å². The summed E-state index contributed by atoms with van der Waals surface area (Å²) in [7, 11) is 0. The molecule has 118 valence electrons. The molecule has 0 bridgehead atoms. The number of carbonyl (C=O) groups excluding carboxylic acids is 1. The van der Waals surface area contributed by atoms with Gasteiger partial charge in [-0.15, -0.1) is 0 Å². The van der Waals surface area contributed by atoms with E-state index >= 15 is 0 Å². The summed E-state index contributed by atoms with van der Waals surface area (Å²) in [5.74, 6) is -4.07. The Morgan fingerprint density at radius 1 is 1.27 bits per heavy atom. The third-order valence-corrected chi connectivity index (χ3v) is 2.83. The van der Waals surface area contributed by atoms with Gasteiger partial charge in [-0.25, -0.2) is 8.78 Å². The Balaban J connectivity index is 2.24. The fourth-order valence-electron chi connectivity index (χ4n) is 1.85. The Hall–Kier alpha value is -2.45. The zero-order valence-corrected chi connectivity index (χ0v) is 10.9. The van der Waals surface area contributed by atoms with Gasteiger partial charge in [0.15, 0.2) is 17.7 Å². The molecule has 0 saturated heterocycles. The average Bonchev–Trinajstić information content (AvgIpc) is 2.91. The van der Waals surface area contributed by atoms with E-state index in [0.717, 1.165) is 12.1 Å². The monoisotopic (exact) mass is 319 g/mol. The van der Waals surface area contributed by atoms with E-state index in [1.54, 1.807) is 5.32 Å².